The van der Waals surface area contributed by atoms with Crippen molar-refractivity contribution in [1.82, 2.24) is 14.4 Å². The van der Waals surface area contributed by atoms with Gasteiger partial charge in [0.2, 0.25) is 0 Å². The molecule has 1 atom stereocenters. The lowest BCUT2D eigenvalue weighted by Crippen LogP contribution is -2.13. The van der Waals surface area contributed by atoms with Crippen LogP contribution in [0.5, 0.6) is 0 Å². The number of nitrogen functional groups attached to an aromatic ring is 1. The topological polar surface area (TPSA) is 100 Å². The van der Waals surface area contributed by atoms with Gasteiger partial charge < -0.3 is 20.2 Å². The number of nitrogens with zero attached hydrogens (tertiary/aromatic N) is 3. The number of aromatic nitrogens is 3. The maximum Gasteiger partial charge on any atom is 0.180 e. The van der Waals surface area contributed by atoms with Crippen LogP contribution in [0.25, 0.3) is 5.65 Å². The molecule has 2 aromatic rings. The van der Waals surface area contributed by atoms with Crippen LogP contribution in [0.15, 0.2) is 18.6 Å². The van der Waals surface area contributed by atoms with Crippen LogP contribution >= 0.6 is 0 Å². The quantitative estimate of drug-likeness (QED) is 0.336. The Morgan fingerprint density at radius 1 is 1.53 bits per heavy atom. The van der Waals surface area contributed by atoms with E-state index in [1.165, 1.54) is 0 Å². The highest BCUT2D eigenvalue weighted by Gasteiger charge is 2.06. The lowest BCUT2D eigenvalue weighted by Gasteiger charge is -2.10. The molecule has 2 rings (SSSR count). The minimum atomic E-state index is 0.231. The standard InChI is InChI=1S/C12H20N6O/c1-9(8-19)3-2-4-14-11-12-15-5-6-18(12)7-10(16-11)17-13/h5-7,9,17,19H,2-4,8,13H2,1H3,(H,14,16). The minimum Gasteiger partial charge on any atom is -0.396 e. The Kier molecular flexibility index (Phi) is 4.53. The van der Waals surface area contributed by atoms with Crippen molar-refractivity contribution in [1.29, 1.82) is 0 Å². The lowest BCUT2D eigenvalue weighted by atomic mass is 10.1. The van der Waals surface area contributed by atoms with Gasteiger partial charge in [0.25, 0.3) is 0 Å². The SMILES string of the molecule is CC(CO)CCCNc1nc(NN)cn2ccnc12. The fourth-order valence-electron chi connectivity index (χ4n) is 1.87. The first-order valence-corrected chi connectivity index (χ1v) is 6.39. The van der Waals surface area contributed by atoms with E-state index in [4.69, 9.17) is 10.9 Å². The number of fused-ring (bicyclic) bond motifs is 1. The van der Waals surface area contributed by atoms with Gasteiger partial charge in [-0.25, -0.2) is 15.8 Å². The van der Waals surface area contributed by atoms with Gasteiger partial charge in [0, 0.05) is 25.5 Å². The van der Waals surface area contributed by atoms with Crippen LogP contribution in [0, 0.1) is 5.92 Å². The zero-order chi connectivity index (χ0) is 13.7. The van der Waals surface area contributed by atoms with Crippen molar-refractivity contribution in [3.05, 3.63) is 18.6 Å². The molecule has 5 N–H and O–H groups in total. The first-order chi connectivity index (χ1) is 9.24. The molecule has 1 unspecified atom stereocenters. The Morgan fingerprint density at radius 2 is 2.37 bits per heavy atom. The predicted octanol–water partition coefficient (Wildman–Crippen LogP) is 0.835. The smallest absolute Gasteiger partial charge is 0.180 e. The molecule has 0 aromatic carbocycles. The molecular formula is C12H20N6O. The second-order valence-corrected chi connectivity index (χ2v) is 4.63. The maximum atomic E-state index is 8.96. The number of nitrogens with two attached hydrogens (primary N) is 1. The molecule has 7 heteroatoms. The van der Waals surface area contributed by atoms with Crippen molar-refractivity contribution in [2.45, 2.75) is 19.8 Å². The van der Waals surface area contributed by atoms with Crippen molar-refractivity contribution in [3.63, 3.8) is 0 Å². The van der Waals surface area contributed by atoms with Crippen LogP contribution in [0.1, 0.15) is 19.8 Å². The summed E-state index contributed by atoms with van der Waals surface area (Å²) in [5, 5.41) is 12.2. The molecule has 0 amide bonds. The fraction of sp³-hybridized carbons (Fsp3) is 0.500. The van der Waals surface area contributed by atoms with Crippen LogP contribution in [0.4, 0.5) is 11.6 Å². The predicted molar refractivity (Wildman–Crippen MR) is 74.8 cm³/mol. The van der Waals surface area contributed by atoms with Crippen molar-refractivity contribution in [2.24, 2.45) is 11.8 Å². The average molecular weight is 264 g/mol. The molecule has 2 aromatic heterocycles. The van der Waals surface area contributed by atoms with Gasteiger partial charge >= 0.3 is 0 Å². The monoisotopic (exact) mass is 264 g/mol. The number of aliphatic hydroxyl groups is 1. The van der Waals surface area contributed by atoms with Gasteiger partial charge in [-0.05, 0) is 18.8 Å². The number of imidazole rings is 1. The van der Waals surface area contributed by atoms with E-state index in [1.807, 2.05) is 17.5 Å². The number of hydrogen-bond acceptors (Lipinski definition) is 6. The molecule has 0 spiro atoms. The first-order valence-electron chi connectivity index (χ1n) is 6.39. The summed E-state index contributed by atoms with van der Waals surface area (Å²) >= 11 is 0. The third kappa shape index (κ3) is 3.33. The van der Waals surface area contributed by atoms with Gasteiger partial charge in [0.05, 0.1) is 6.20 Å². The Bertz CT molecular complexity index is 526. The summed E-state index contributed by atoms with van der Waals surface area (Å²) in [6.07, 6.45) is 7.29. The van der Waals surface area contributed by atoms with E-state index in [9.17, 15) is 0 Å². The van der Waals surface area contributed by atoms with Gasteiger partial charge in [-0.1, -0.05) is 6.92 Å². The van der Waals surface area contributed by atoms with Crippen LogP contribution in [0.3, 0.4) is 0 Å². The van der Waals surface area contributed by atoms with E-state index in [1.54, 1.807) is 12.4 Å². The lowest BCUT2D eigenvalue weighted by molar-refractivity contribution is 0.229. The number of nitrogens with one attached hydrogen (secondary N) is 2. The third-order valence-corrected chi connectivity index (χ3v) is 3.00. The van der Waals surface area contributed by atoms with Crippen molar-refractivity contribution < 1.29 is 5.11 Å². The molecule has 0 aliphatic heterocycles. The number of aliphatic hydroxyl groups excluding tert-OH is 1. The van der Waals surface area contributed by atoms with Gasteiger partial charge in [-0.2, -0.15) is 0 Å². The molecule has 0 radical (unpaired) electrons. The summed E-state index contributed by atoms with van der Waals surface area (Å²) in [5.41, 5.74) is 3.31. The van der Waals surface area contributed by atoms with E-state index in [0.29, 0.717) is 17.6 Å². The number of anilines is 2. The molecule has 0 saturated carbocycles. The van der Waals surface area contributed by atoms with Crippen LogP contribution in [0.2, 0.25) is 0 Å². The van der Waals surface area contributed by atoms with Crippen molar-refractivity contribution in [2.75, 3.05) is 23.9 Å². The largest absolute Gasteiger partial charge is 0.396 e. The third-order valence-electron chi connectivity index (χ3n) is 3.00. The molecule has 0 saturated heterocycles. The van der Waals surface area contributed by atoms with Gasteiger partial charge in [-0.3, -0.25) is 0 Å². The zero-order valence-electron chi connectivity index (χ0n) is 11.0. The van der Waals surface area contributed by atoms with Crippen LogP contribution in [-0.2, 0) is 0 Å². The Hall–Kier alpha value is -1.86. The Labute approximate surface area is 111 Å². The number of rotatable bonds is 7. The molecule has 0 bridgehead atoms. The van der Waals surface area contributed by atoms with E-state index in [-0.39, 0.29) is 6.61 Å². The van der Waals surface area contributed by atoms with Gasteiger partial charge in [0.1, 0.15) is 0 Å². The molecule has 7 nitrogen and oxygen atoms in total. The van der Waals surface area contributed by atoms with E-state index in [0.717, 1.165) is 25.0 Å². The fourth-order valence-corrected chi connectivity index (χ4v) is 1.87. The second kappa shape index (κ2) is 6.35. The summed E-state index contributed by atoms with van der Waals surface area (Å²) in [7, 11) is 0. The molecule has 0 fully saturated rings. The number of hydrogen-bond donors (Lipinski definition) is 4. The Balaban J connectivity index is 2.01. The molecule has 19 heavy (non-hydrogen) atoms. The zero-order valence-corrected chi connectivity index (χ0v) is 11.0. The molecule has 0 aliphatic rings. The van der Waals surface area contributed by atoms with E-state index < -0.39 is 0 Å². The molecular weight excluding hydrogens is 244 g/mol. The summed E-state index contributed by atoms with van der Waals surface area (Å²) in [6.45, 7) is 3.05. The van der Waals surface area contributed by atoms with Crippen LogP contribution in [-0.4, -0.2) is 32.6 Å². The summed E-state index contributed by atoms with van der Waals surface area (Å²) in [5.74, 6) is 7.01. The van der Waals surface area contributed by atoms with Crippen molar-refractivity contribution >= 4 is 17.3 Å². The maximum absolute atomic E-state index is 8.96. The highest BCUT2D eigenvalue weighted by atomic mass is 16.3. The van der Waals surface area contributed by atoms with Crippen LogP contribution < -0.4 is 16.6 Å². The minimum absolute atomic E-state index is 0.231. The second-order valence-electron chi connectivity index (χ2n) is 4.63. The highest BCUT2D eigenvalue weighted by Crippen LogP contribution is 2.16. The van der Waals surface area contributed by atoms with E-state index >= 15 is 0 Å². The summed E-state index contributed by atoms with van der Waals surface area (Å²) in [6, 6.07) is 0. The normalized spacial score (nSPS) is 12.6. The van der Waals surface area contributed by atoms with Gasteiger partial charge in [-0.15, -0.1) is 0 Å². The first kappa shape index (κ1) is 13.6. The highest BCUT2D eigenvalue weighted by molar-refractivity contribution is 5.65. The summed E-state index contributed by atoms with van der Waals surface area (Å²) < 4.78 is 1.86. The average Bonchev–Trinajstić information content (AvgIpc) is 2.91. The summed E-state index contributed by atoms with van der Waals surface area (Å²) in [4.78, 5) is 8.60. The van der Waals surface area contributed by atoms with E-state index in [2.05, 4.69) is 20.7 Å². The van der Waals surface area contributed by atoms with Gasteiger partial charge in [0.15, 0.2) is 17.3 Å². The Morgan fingerprint density at radius 3 is 3.11 bits per heavy atom. The molecule has 104 valence electrons. The van der Waals surface area contributed by atoms with Crippen molar-refractivity contribution in [3.8, 4) is 0 Å². The molecule has 2 heterocycles. The number of hydrazine groups is 1. The molecule has 0 aliphatic carbocycles.